The van der Waals surface area contributed by atoms with Crippen LogP contribution in [0.2, 0.25) is 0 Å². The Kier molecular flexibility index (Phi) is 5.00. The van der Waals surface area contributed by atoms with E-state index in [2.05, 4.69) is 25.5 Å². The molecule has 3 heterocycles. The summed E-state index contributed by atoms with van der Waals surface area (Å²) in [5.74, 6) is 0.997. The van der Waals surface area contributed by atoms with Gasteiger partial charge in [-0.1, -0.05) is 0 Å². The van der Waals surface area contributed by atoms with Gasteiger partial charge in [-0.2, -0.15) is 0 Å². The van der Waals surface area contributed by atoms with E-state index in [1.165, 1.54) is 30.9 Å². The van der Waals surface area contributed by atoms with Crippen molar-refractivity contribution in [3.63, 3.8) is 0 Å². The summed E-state index contributed by atoms with van der Waals surface area (Å²) < 4.78 is 5.24. The first-order valence-electron chi connectivity index (χ1n) is 9.02. The Bertz CT molecular complexity index is 870. The van der Waals surface area contributed by atoms with Gasteiger partial charge in [0.2, 0.25) is 5.95 Å². The number of furan rings is 1. The summed E-state index contributed by atoms with van der Waals surface area (Å²) in [6.45, 7) is 2.69. The summed E-state index contributed by atoms with van der Waals surface area (Å²) >= 11 is 0. The van der Waals surface area contributed by atoms with Crippen molar-refractivity contribution in [1.82, 2.24) is 9.97 Å². The van der Waals surface area contributed by atoms with Gasteiger partial charge in [0.1, 0.15) is 5.76 Å². The van der Waals surface area contributed by atoms with Crippen molar-refractivity contribution >= 4 is 23.2 Å². The molecular weight excluding hydrogens is 342 g/mol. The molecule has 7 nitrogen and oxygen atoms in total. The maximum atomic E-state index is 12.4. The van der Waals surface area contributed by atoms with E-state index >= 15 is 0 Å². The number of nitrogens with zero attached hydrogens (tertiary/aromatic N) is 3. The molecule has 0 bridgehead atoms. The summed E-state index contributed by atoms with van der Waals surface area (Å²) in [4.78, 5) is 23.1. The fourth-order valence-corrected chi connectivity index (χ4v) is 3.05. The average Bonchev–Trinajstić information content (AvgIpc) is 3.41. The fourth-order valence-electron chi connectivity index (χ4n) is 3.05. The maximum absolute atomic E-state index is 12.4. The second-order valence-electron chi connectivity index (χ2n) is 6.42. The Labute approximate surface area is 157 Å². The molecule has 2 aromatic heterocycles. The molecule has 1 amide bonds. The van der Waals surface area contributed by atoms with Crippen molar-refractivity contribution in [3.8, 4) is 0 Å². The van der Waals surface area contributed by atoms with Crippen molar-refractivity contribution in [2.75, 3.05) is 28.6 Å². The number of carbonyl (C=O) groups is 1. The molecule has 0 spiro atoms. The van der Waals surface area contributed by atoms with Gasteiger partial charge < -0.3 is 20.0 Å². The molecule has 0 unspecified atom stereocenters. The predicted molar refractivity (Wildman–Crippen MR) is 104 cm³/mol. The van der Waals surface area contributed by atoms with Crippen molar-refractivity contribution in [2.45, 2.75) is 19.4 Å². The van der Waals surface area contributed by atoms with Crippen molar-refractivity contribution in [3.05, 3.63) is 66.4 Å². The van der Waals surface area contributed by atoms with Crippen LogP contribution in [0.4, 0.5) is 17.3 Å². The van der Waals surface area contributed by atoms with Crippen LogP contribution in [-0.4, -0.2) is 29.0 Å². The molecular formula is C20H21N5O2. The Morgan fingerprint density at radius 3 is 2.48 bits per heavy atom. The van der Waals surface area contributed by atoms with Crippen LogP contribution in [-0.2, 0) is 6.54 Å². The first-order valence-corrected chi connectivity index (χ1v) is 9.02. The van der Waals surface area contributed by atoms with Crippen molar-refractivity contribution < 1.29 is 9.21 Å². The Morgan fingerprint density at radius 1 is 1.07 bits per heavy atom. The maximum Gasteiger partial charge on any atom is 0.258 e. The van der Waals surface area contributed by atoms with Crippen LogP contribution in [0.3, 0.4) is 0 Å². The van der Waals surface area contributed by atoms with Gasteiger partial charge in [0.05, 0.1) is 18.4 Å². The molecule has 138 valence electrons. The minimum Gasteiger partial charge on any atom is -0.467 e. The van der Waals surface area contributed by atoms with Gasteiger partial charge in [-0.25, -0.2) is 9.97 Å². The number of rotatable bonds is 6. The number of benzene rings is 1. The standard InChI is InChI=1S/C20H21N5O2/c26-19(24-16-5-7-17(8-6-16)25-9-1-2-10-25)15-12-21-20(22-13-15)23-14-18-4-3-11-27-18/h3-8,11-13H,1-2,9-10,14H2,(H,24,26)(H,21,22,23). The van der Waals surface area contributed by atoms with Gasteiger partial charge in [-0.3, -0.25) is 4.79 Å². The highest BCUT2D eigenvalue weighted by Gasteiger charge is 2.13. The van der Waals surface area contributed by atoms with Crippen LogP contribution in [0.15, 0.2) is 59.5 Å². The quantitative estimate of drug-likeness (QED) is 0.697. The lowest BCUT2D eigenvalue weighted by Gasteiger charge is -2.17. The third-order valence-corrected chi connectivity index (χ3v) is 4.51. The van der Waals surface area contributed by atoms with Crippen LogP contribution in [0.25, 0.3) is 0 Å². The van der Waals surface area contributed by atoms with Gasteiger partial charge in [-0.15, -0.1) is 0 Å². The highest BCUT2D eigenvalue weighted by atomic mass is 16.3. The Hall–Kier alpha value is -3.35. The lowest BCUT2D eigenvalue weighted by molar-refractivity contribution is 0.102. The van der Waals surface area contributed by atoms with E-state index in [4.69, 9.17) is 4.42 Å². The normalized spacial score (nSPS) is 13.6. The third kappa shape index (κ3) is 4.25. The van der Waals surface area contributed by atoms with Crippen LogP contribution in [0.1, 0.15) is 29.0 Å². The van der Waals surface area contributed by atoms with Crippen LogP contribution < -0.4 is 15.5 Å². The molecule has 0 radical (unpaired) electrons. The molecule has 7 heteroatoms. The highest BCUT2D eigenvalue weighted by molar-refractivity contribution is 6.03. The van der Waals surface area contributed by atoms with E-state index in [0.717, 1.165) is 24.5 Å². The van der Waals surface area contributed by atoms with Crippen LogP contribution >= 0.6 is 0 Å². The molecule has 1 aromatic carbocycles. The summed E-state index contributed by atoms with van der Waals surface area (Å²) in [6.07, 6.45) is 7.11. The van der Waals surface area contributed by atoms with E-state index in [1.54, 1.807) is 6.26 Å². The smallest absolute Gasteiger partial charge is 0.258 e. The molecule has 0 saturated carbocycles. The molecule has 1 fully saturated rings. The third-order valence-electron chi connectivity index (χ3n) is 4.51. The molecule has 27 heavy (non-hydrogen) atoms. The predicted octanol–water partition coefficient (Wildman–Crippen LogP) is 3.53. The summed E-state index contributed by atoms with van der Waals surface area (Å²) in [5.41, 5.74) is 2.35. The Balaban J connectivity index is 1.33. The van der Waals surface area contributed by atoms with Crippen molar-refractivity contribution in [2.24, 2.45) is 0 Å². The minimum absolute atomic E-state index is 0.235. The van der Waals surface area contributed by atoms with Gasteiger partial charge >= 0.3 is 0 Å². The lowest BCUT2D eigenvalue weighted by atomic mass is 10.2. The topological polar surface area (TPSA) is 83.3 Å². The van der Waals surface area contributed by atoms with E-state index < -0.39 is 0 Å². The lowest BCUT2D eigenvalue weighted by Crippen LogP contribution is -2.17. The molecule has 1 saturated heterocycles. The first kappa shape index (κ1) is 17.1. The molecule has 1 aliphatic heterocycles. The minimum atomic E-state index is -0.235. The number of aromatic nitrogens is 2. The molecule has 1 aliphatic rings. The summed E-state index contributed by atoms with van der Waals surface area (Å²) in [7, 11) is 0. The number of anilines is 3. The number of hydrogen-bond acceptors (Lipinski definition) is 6. The highest BCUT2D eigenvalue weighted by Crippen LogP contribution is 2.22. The number of hydrogen-bond donors (Lipinski definition) is 2. The van der Waals surface area contributed by atoms with Crippen LogP contribution in [0, 0.1) is 0 Å². The zero-order valence-corrected chi connectivity index (χ0v) is 14.9. The Morgan fingerprint density at radius 2 is 1.81 bits per heavy atom. The van der Waals surface area contributed by atoms with Crippen molar-refractivity contribution in [1.29, 1.82) is 0 Å². The van der Waals surface area contributed by atoms with E-state index in [0.29, 0.717) is 18.1 Å². The second kappa shape index (κ2) is 7.90. The van der Waals surface area contributed by atoms with Gasteiger partial charge in [0, 0.05) is 36.9 Å². The number of nitrogens with one attached hydrogen (secondary N) is 2. The molecule has 3 aromatic rings. The van der Waals surface area contributed by atoms with Crippen LogP contribution in [0.5, 0.6) is 0 Å². The number of carbonyl (C=O) groups excluding carboxylic acids is 1. The SMILES string of the molecule is O=C(Nc1ccc(N2CCCC2)cc1)c1cnc(NCc2ccco2)nc1. The van der Waals surface area contributed by atoms with E-state index in [-0.39, 0.29) is 5.91 Å². The summed E-state index contributed by atoms with van der Waals surface area (Å²) in [6, 6.07) is 11.6. The number of amides is 1. The average molecular weight is 363 g/mol. The molecule has 0 aliphatic carbocycles. The van der Waals surface area contributed by atoms with E-state index in [9.17, 15) is 4.79 Å². The largest absolute Gasteiger partial charge is 0.467 e. The molecule has 4 rings (SSSR count). The van der Waals surface area contributed by atoms with Gasteiger partial charge in [0.25, 0.3) is 5.91 Å². The zero-order chi connectivity index (χ0) is 18.5. The van der Waals surface area contributed by atoms with E-state index in [1.807, 2.05) is 36.4 Å². The second-order valence-corrected chi connectivity index (χ2v) is 6.42. The monoisotopic (exact) mass is 363 g/mol. The zero-order valence-electron chi connectivity index (χ0n) is 14.9. The summed E-state index contributed by atoms with van der Waals surface area (Å²) in [5, 5.41) is 5.92. The molecule has 0 atom stereocenters. The fraction of sp³-hybridized carbons (Fsp3) is 0.250. The molecule has 2 N–H and O–H groups in total. The van der Waals surface area contributed by atoms with Gasteiger partial charge in [-0.05, 0) is 49.2 Å². The van der Waals surface area contributed by atoms with Gasteiger partial charge in [0.15, 0.2) is 0 Å². The first-order chi connectivity index (χ1) is 13.3.